The Morgan fingerprint density at radius 2 is 0.500 bits per heavy atom. The Morgan fingerprint density at radius 1 is 0.333 bits per heavy atom. The van der Waals surface area contributed by atoms with Gasteiger partial charge in [-0.25, -0.2) is 0 Å². The number of hydrogen-bond acceptors (Lipinski definition) is 4. The summed E-state index contributed by atoms with van der Waals surface area (Å²) >= 11 is 0. The number of nitrogens with zero attached hydrogens (tertiary/aromatic N) is 16. The van der Waals surface area contributed by atoms with E-state index in [9.17, 15) is 0 Å². The van der Waals surface area contributed by atoms with Gasteiger partial charge in [0, 0.05) is 46.3 Å². The molecular formula is C24H16N16Pt2. The average molecular weight is 919 g/mol. The van der Waals surface area contributed by atoms with Crippen LogP contribution in [0.25, 0.3) is 108 Å². The van der Waals surface area contributed by atoms with E-state index in [4.69, 9.17) is 44.2 Å². The molecule has 2 aromatic carbocycles. The summed E-state index contributed by atoms with van der Waals surface area (Å²) < 4.78 is 0. The molecule has 0 aliphatic rings. The number of aromatic nitrogens is 4. The van der Waals surface area contributed by atoms with Crippen LogP contribution in [0.15, 0.2) is 97.6 Å². The maximum atomic E-state index is 6.75. The van der Waals surface area contributed by atoms with Gasteiger partial charge in [-0.05, 0) is 24.3 Å². The van der Waals surface area contributed by atoms with E-state index in [0.717, 1.165) is 43.6 Å². The van der Waals surface area contributed by atoms with E-state index in [1.165, 1.54) is 19.6 Å². The molecule has 18 heteroatoms. The molecule has 0 radical (unpaired) electrons. The van der Waals surface area contributed by atoms with Crippen LogP contribution in [-0.4, -0.2) is 19.9 Å². The SMILES string of the molecule is [N-]=[N+]=[N-].[N-]=[N+]=[N-].[N-]=[N+]=[N-].[N-]=[N+]=[N-].[Pt+2].[Pt+2].c1cnc2c(c1)ccc1cccnc12.c1cnc2c(c1)ccc1cccnc12. The van der Waals surface area contributed by atoms with Crippen molar-refractivity contribution in [2.75, 3.05) is 0 Å². The van der Waals surface area contributed by atoms with Crippen LogP contribution in [0.3, 0.4) is 0 Å². The van der Waals surface area contributed by atoms with Gasteiger partial charge < -0.3 is 44.2 Å². The van der Waals surface area contributed by atoms with Crippen molar-refractivity contribution < 1.29 is 42.1 Å². The van der Waals surface area contributed by atoms with E-state index in [0.29, 0.717) is 0 Å². The van der Waals surface area contributed by atoms with E-state index < -0.39 is 0 Å². The van der Waals surface area contributed by atoms with Crippen molar-refractivity contribution in [3.8, 4) is 0 Å². The zero-order chi connectivity index (χ0) is 29.6. The summed E-state index contributed by atoms with van der Waals surface area (Å²) in [5, 5.41) is 4.55. The second-order valence-corrected chi connectivity index (χ2v) is 6.79. The van der Waals surface area contributed by atoms with Crippen molar-refractivity contribution in [2.45, 2.75) is 0 Å². The smallest absolute Gasteiger partial charge is 0.373 e. The molecule has 0 N–H and O–H groups in total. The molecular weight excluding hydrogens is 903 g/mol. The van der Waals surface area contributed by atoms with Gasteiger partial charge in [0.05, 0.1) is 22.1 Å². The molecule has 0 spiro atoms. The first-order chi connectivity index (χ1) is 19.6. The van der Waals surface area contributed by atoms with Crippen molar-refractivity contribution in [2.24, 2.45) is 0 Å². The minimum Gasteiger partial charge on any atom is -0.373 e. The molecule has 0 atom stereocenters. The number of fused-ring (bicyclic) bond motifs is 6. The summed E-state index contributed by atoms with van der Waals surface area (Å²) in [6.07, 6.45) is 7.21. The van der Waals surface area contributed by atoms with Gasteiger partial charge in [0.25, 0.3) is 0 Å². The molecule has 0 bridgehead atoms. The standard InChI is InChI=1S/2C12H8N2.4N3.2Pt/c2*1-3-9-5-6-10-4-2-8-14-12(10)11(9)13-7-1;4*1-3-2;;/h2*1-8H;;;;;;/q;;4*-1;2*+2. The van der Waals surface area contributed by atoms with Crippen molar-refractivity contribution in [3.63, 3.8) is 0 Å². The summed E-state index contributed by atoms with van der Waals surface area (Å²) in [7, 11) is 0. The maximum Gasteiger partial charge on any atom is 2.00 e. The Labute approximate surface area is 266 Å². The molecule has 42 heavy (non-hydrogen) atoms. The molecule has 0 aliphatic carbocycles. The number of pyridine rings is 4. The Kier molecular flexibility index (Phi) is 21.8. The fraction of sp³-hybridized carbons (Fsp3) is 0. The van der Waals surface area contributed by atoms with Crippen molar-refractivity contribution in [1.29, 1.82) is 0 Å². The van der Waals surface area contributed by atoms with Crippen molar-refractivity contribution in [1.82, 2.24) is 19.9 Å². The minimum absolute atomic E-state index is 0. The van der Waals surface area contributed by atoms with Crippen LogP contribution in [0.4, 0.5) is 0 Å². The van der Waals surface area contributed by atoms with Crippen LogP contribution in [0.1, 0.15) is 0 Å². The molecule has 0 aliphatic heterocycles. The summed E-state index contributed by atoms with van der Waals surface area (Å²) in [4.78, 5) is 23.4. The third-order valence-electron chi connectivity index (χ3n) is 4.69. The average Bonchev–Trinajstić information content (AvgIpc) is 2.99. The van der Waals surface area contributed by atoms with Gasteiger partial charge >= 0.3 is 42.1 Å². The Hall–Kier alpha value is -5.30. The van der Waals surface area contributed by atoms with Crippen LogP contribution >= 0.6 is 0 Å². The Bertz CT molecular complexity index is 1550. The summed E-state index contributed by atoms with van der Waals surface area (Å²) in [5.74, 6) is 0. The largest absolute Gasteiger partial charge is 2.00 e. The first kappa shape index (κ1) is 38.8. The topological polar surface area (TPSA) is 286 Å². The summed E-state index contributed by atoms with van der Waals surface area (Å²) in [6, 6.07) is 24.3. The third-order valence-corrected chi connectivity index (χ3v) is 4.69. The maximum absolute atomic E-state index is 6.75. The molecule has 6 aromatic rings. The number of benzene rings is 2. The van der Waals surface area contributed by atoms with Crippen LogP contribution < -0.4 is 0 Å². The van der Waals surface area contributed by atoms with Gasteiger partial charge in [0.15, 0.2) is 0 Å². The molecule has 0 saturated heterocycles. The van der Waals surface area contributed by atoms with Crippen LogP contribution in [-0.2, 0) is 42.1 Å². The fourth-order valence-electron chi connectivity index (χ4n) is 3.36. The second kappa shape index (κ2) is 23.6. The normalized spacial score (nSPS) is 8.00. The second-order valence-electron chi connectivity index (χ2n) is 6.79. The van der Waals surface area contributed by atoms with Gasteiger partial charge in [-0.3, -0.25) is 39.6 Å². The molecule has 212 valence electrons. The predicted molar refractivity (Wildman–Crippen MR) is 154 cm³/mol. The molecule has 4 heterocycles. The summed E-state index contributed by atoms with van der Waals surface area (Å²) in [6.45, 7) is 0. The van der Waals surface area contributed by atoms with Gasteiger partial charge in [0.1, 0.15) is 0 Å². The van der Waals surface area contributed by atoms with Crippen molar-refractivity contribution in [3.05, 3.63) is 161 Å². The van der Waals surface area contributed by atoms with Crippen LogP contribution in [0.2, 0.25) is 0 Å². The molecule has 6 rings (SSSR count). The van der Waals surface area contributed by atoms with Gasteiger partial charge in [-0.1, -0.05) is 48.5 Å². The van der Waals surface area contributed by atoms with Gasteiger partial charge in [-0.15, -0.1) is 0 Å². The zero-order valence-electron chi connectivity index (χ0n) is 21.0. The molecule has 0 fully saturated rings. The van der Waals surface area contributed by atoms with E-state index in [2.05, 4.69) is 68.5 Å². The van der Waals surface area contributed by atoms with E-state index in [1.54, 1.807) is 24.8 Å². The fourth-order valence-corrected chi connectivity index (χ4v) is 3.36. The van der Waals surface area contributed by atoms with Gasteiger partial charge in [-0.2, -0.15) is 0 Å². The van der Waals surface area contributed by atoms with E-state index in [-0.39, 0.29) is 42.1 Å². The number of rotatable bonds is 0. The van der Waals surface area contributed by atoms with E-state index >= 15 is 0 Å². The molecule has 0 unspecified atom stereocenters. The summed E-state index contributed by atoms with van der Waals surface area (Å²) in [5.41, 5.74) is 57.9. The van der Waals surface area contributed by atoms with Crippen molar-refractivity contribution >= 4 is 43.6 Å². The number of hydrogen-bond donors (Lipinski definition) is 0. The Balaban J connectivity index is 0. The third kappa shape index (κ3) is 12.3. The zero-order valence-corrected chi connectivity index (χ0v) is 25.6. The van der Waals surface area contributed by atoms with Gasteiger partial charge in [0.2, 0.25) is 0 Å². The first-order valence-corrected chi connectivity index (χ1v) is 10.7. The molecule has 0 amide bonds. The van der Waals surface area contributed by atoms with Crippen LogP contribution in [0.5, 0.6) is 0 Å². The Morgan fingerprint density at radius 3 is 0.667 bits per heavy atom. The first-order valence-electron chi connectivity index (χ1n) is 10.7. The quantitative estimate of drug-likeness (QED) is 0.0623. The predicted octanol–water partition coefficient (Wildman–Crippen LogP) is 9.03. The molecule has 16 nitrogen and oxygen atoms in total. The molecule has 4 aromatic heterocycles. The van der Waals surface area contributed by atoms with Crippen LogP contribution in [0, 0.1) is 0 Å². The minimum atomic E-state index is 0. The monoisotopic (exact) mass is 918 g/mol. The van der Waals surface area contributed by atoms with E-state index in [1.807, 2.05) is 24.3 Å². The molecule has 0 saturated carbocycles.